The molecule has 1 aliphatic heterocycles. The van der Waals surface area contributed by atoms with Crippen LogP contribution in [0.2, 0.25) is 0 Å². The van der Waals surface area contributed by atoms with E-state index in [1.165, 1.54) is 22.9 Å². The molecule has 0 bridgehead atoms. The van der Waals surface area contributed by atoms with Gasteiger partial charge in [0.15, 0.2) is 0 Å². The van der Waals surface area contributed by atoms with Crippen LogP contribution in [0, 0.1) is 12.8 Å². The van der Waals surface area contributed by atoms with Crippen molar-refractivity contribution < 1.29 is 4.74 Å². The van der Waals surface area contributed by atoms with Gasteiger partial charge in [0.25, 0.3) is 0 Å². The highest BCUT2D eigenvalue weighted by atomic mass is 16.5. The fourth-order valence-electron chi connectivity index (χ4n) is 3.26. The molecule has 2 heterocycles. The van der Waals surface area contributed by atoms with Gasteiger partial charge < -0.3 is 9.64 Å². The van der Waals surface area contributed by atoms with E-state index in [1.54, 1.807) is 0 Å². The van der Waals surface area contributed by atoms with Crippen molar-refractivity contribution >= 4 is 10.8 Å². The minimum Gasteiger partial charge on any atom is -0.490 e. The van der Waals surface area contributed by atoms with Crippen LogP contribution in [-0.2, 0) is 0 Å². The molecule has 0 spiro atoms. The van der Waals surface area contributed by atoms with Crippen LogP contribution in [0.1, 0.15) is 32.3 Å². The van der Waals surface area contributed by atoms with E-state index >= 15 is 0 Å². The quantitative estimate of drug-likeness (QED) is 0.851. The highest BCUT2D eigenvalue weighted by molar-refractivity contribution is 5.84. The van der Waals surface area contributed by atoms with Gasteiger partial charge in [0.05, 0.1) is 0 Å². The smallest absolute Gasteiger partial charge is 0.123 e. The van der Waals surface area contributed by atoms with Crippen molar-refractivity contribution in [3.8, 4) is 5.75 Å². The molecule has 0 unspecified atom stereocenters. The summed E-state index contributed by atoms with van der Waals surface area (Å²) in [5.74, 6) is 1.77. The van der Waals surface area contributed by atoms with Crippen molar-refractivity contribution in [2.45, 2.75) is 39.7 Å². The minimum atomic E-state index is 0.349. The second-order valence-corrected chi connectivity index (χ2v) is 6.85. The average molecular weight is 298 g/mol. The molecule has 0 N–H and O–H groups in total. The van der Waals surface area contributed by atoms with Crippen molar-refractivity contribution in [1.82, 2.24) is 9.88 Å². The number of ether oxygens (including phenoxy) is 1. The summed E-state index contributed by atoms with van der Waals surface area (Å²) in [4.78, 5) is 6.74. The van der Waals surface area contributed by atoms with Gasteiger partial charge in [-0.25, -0.2) is 0 Å². The average Bonchev–Trinajstić information content (AvgIpc) is 2.49. The third-order valence-corrected chi connectivity index (χ3v) is 4.39. The van der Waals surface area contributed by atoms with Crippen LogP contribution < -0.4 is 4.74 Å². The van der Waals surface area contributed by atoms with Crippen LogP contribution in [0.4, 0.5) is 0 Å². The molecule has 1 aliphatic rings. The van der Waals surface area contributed by atoms with Crippen LogP contribution in [0.5, 0.6) is 5.75 Å². The predicted octanol–water partition coefficient (Wildman–Crippen LogP) is 4.04. The van der Waals surface area contributed by atoms with Crippen molar-refractivity contribution in [2.24, 2.45) is 5.92 Å². The number of rotatable bonds is 4. The van der Waals surface area contributed by atoms with Crippen molar-refractivity contribution in [1.29, 1.82) is 0 Å². The zero-order chi connectivity index (χ0) is 15.5. The predicted molar refractivity (Wildman–Crippen MR) is 91.4 cm³/mol. The number of nitrogens with zero attached hydrogens (tertiary/aromatic N) is 2. The molecule has 1 fully saturated rings. The van der Waals surface area contributed by atoms with Crippen molar-refractivity contribution in [2.75, 3.05) is 19.6 Å². The van der Waals surface area contributed by atoms with E-state index in [0.29, 0.717) is 6.10 Å². The van der Waals surface area contributed by atoms with Crippen molar-refractivity contribution in [3.05, 3.63) is 36.2 Å². The van der Waals surface area contributed by atoms with E-state index in [-0.39, 0.29) is 0 Å². The molecular weight excluding hydrogens is 272 g/mol. The number of fused-ring (bicyclic) bond motifs is 1. The fraction of sp³-hybridized carbons (Fsp3) is 0.526. The van der Waals surface area contributed by atoms with E-state index in [0.717, 1.165) is 37.6 Å². The number of aryl methyl sites for hydroxylation is 1. The van der Waals surface area contributed by atoms with E-state index in [4.69, 9.17) is 4.74 Å². The molecular formula is C19H26N2O. The number of pyridine rings is 1. The van der Waals surface area contributed by atoms with Crippen LogP contribution >= 0.6 is 0 Å². The van der Waals surface area contributed by atoms with Gasteiger partial charge in [-0.1, -0.05) is 13.8 Å². The van der Waals surface area contributed by atoms with Gasteiger partial charge in [0, 0.05) is 37.4 Å². The first-order chi connectivity index (χ1) is 10.6. The summed E-state index contributed by atoms with van der Waals surface area (Å²) in [6.45, 7) is 10.2. The lowest BCUT2D eigenvalue weighted by atomic mass is 10.1. The zero-order valence-electron chi connectivity index (χ0n) is 13.9. The lowest BCUT2D eigenvalue weighted by Gasteiger charge is -2.33. The molecule has 3 nitrogen and oxygen atoms in total. The molecule has 2 aromatic rings. The molecule has 1 aromatic carbocycles. The first-order valence-electron chi connectivity index (χ1n) is 8.35. The first-order valence-corrected chi connectivity index (χ1v) is 8.35. The molecule has 1 aromatic heterocycles. The topological polar surface area (TPSA) is 25.4 Å². The Kier molecular flexibility index (Phi) is 4.63. The first kappa shape index (κ1) is 15.3. The maximum absolute atomic E-state index is 6.30. The Morgan fingerprint density at radius 3 is 2.73 bits per heavy atom. The van der Waals surface area contributed by atoms with Crippen LogP contribution in [-0.4, -0.2) is 35.6 Å². The summed E-state index contributed by atoms with van der Waals surface area (Å²) in [6.07, 6.45) is 6.35. The molecule has 0 amide bonds. The molecule has 22 heavy (non-hydrogen) atoms. The Hall–Kier alpha value is -1.61. The van der Waals surface area contributed by atoms with Crippen LogP contribution in [0.3, 0.4) is 0 Å². The van der Waals surface area contributed by atoms with Gasteiger partial charge in [-0.05, 0) is 54.8 Å². The zero-order valence-corrected chi connectivity index (χ0v) is 13.9. The summed E-state index contributed by atoms with van der Waals surface area (Å²) < 4.78 is 6.30. The highest BCUT2D eigenvalue weighted by Gasteiger charge is 2.21. The van der Waals surface area contributed by atoms with Gasteiger partial charge in [-0.15, -0.1) is 0 Å². The van der Waals surface area contributed by atoms with Gasteiger partial charge >= 0.3 is 0 Å². The molecule has 1 saturated heterocycles. The largest absolute Gasteiger partial charge is 0.490 e. The number of hydrogen-bond donors (Lipinski definition) is 0. The molecule has 0 atom stereocenters. The third-order valence-electron chi connectivity index (χ3n) is 4.39. The molecule has 0 radical (unpaired) electrons. The maximum Gasteiger partial charge on any atom is 0.123 e. The summed E-state index contributed by atoms with van der Waals surface area (Å²) in [5, 5.41) is 2.38. The van der Waals surface area contributed by atoms with Gasteiger partial charge in [-0.3, -0.25) is 4.98 Å². The van der Waals surface area contributed by atoms with E-state index in [9.17, 15) is 0 Å². The summed E-state index contributed by atoms with van der Waals surface area (Å²) >= 11 is 0. The molecule has 3 heteroatoms. The monoisotopic (exact) mass is 298 g/mol. The number of benzene rings is 1. The summed E-state index contributed by atoms with van der Waals surface area (Å²) in [7, 11) is 0. The Morgan fingerprint density at radius 1 is 1.23 bits per heavy atom. The highest BCUT2D eigenvalue weighted by Crippen LogP contribution is 2.27. The second-order valence-electron chi connectivity index (χ2n) is 6.85. The van der Waals surface area contributed by atoms with Gasteiger partial charge in [0.1, 0.15) is 11.9 Å². The lowest BCUT2D eigenvalue weighted by molar-refractivity contribution is 0.0937. The number of piperidine rings is 1. The number of aromatic nitrogens is 1. The molecule has 0 saturated carbocycles. The minimum absolute atomic E-state index is 0.349. The van der Waals surface area contributed by atoms with Crippen LogP contribution in [0.25, 0.3) is 10.8 Å². The Labute approximate surface area is 133 Å². The van der Waals surface area contributed by atoms with E-state index < -0.39 is 0 Å². The van der Waals surface area contributed by atoms with Crippen molar-refractivity contribution in [3.63, 3.8) is 0 Å². The molecule has 118 valence electrons. The second kappa shape index (κ2) is 6.66. The fourth-order valence-corrected chi connectivity index (χ4v) is 3.26. The van der Waals surface area contributed by atoms with E-state index in [2.05, 4.69) is 42.8 Å². The molecule has 3 rings (SSSR count). The SMILES string of the molecule is Cc1cc2cnccc2cc1OC1CCN(CC(C)C)CC1. The van der Waals surface area contributed by atoms with Gasteiger partial charge in [0.2, 0.25) is 0 Å². The Bertz CT molecular complexity index is 630. The molecule has 0 aliphatic carbocycles. The lowest BCUT2D eigenvalue weighted by Crippen LogP contribution is -2.40. The normalized spacial score (nSPS) is 17.3. The maximum atomic E-state index is 6.30. The Morgan fingerprint density at radius 2 is 2.00 bits per heavy atom. The van der Waals surface area contributed by atoms with Crippen LogP contribution in [0.15, 0.2) is 30.6 Å². The number of likely N-dealkylation sites (tertiary alicyclic amines) is 1. The summed E-state index contributed by atoms with van der Waals surface area (Å²) in [5.41, 5.74) is 1.20. The standard InChI is InChI=1S/C19H26N2O/c1-14(2)13-21-8-5-18(6-9-21)22-19-11-16-4-7-20-12-17(16)10-15(19)3/h4,7,10-12,14,18H,5-6,8-9,13H2,1-3H3. The Balaban J connectivity index is 1.65. The third kappa shape index (κ3) is 3.58. The van der Waals surface area contributed by atoms with E-state index in [1.807, 2.05) is 18.5 Å². The van der Waals surface area contributed by atoms with Gasteiger partial charge in [-0.2, -0.15) is 0 Å². The summed E-state index contributed by atoms with van der Waals surface area (Å²) in [6, 6.07) is 6.38. The number of hydrogen-bond acceptors (Lipinski definition) is 3.